The number of nitrogens with one attached hydrogen (secondary N) is 2. The van der Waals surface area contributed by atoms with E-state index in [1.54, 1.807) is 24.0 Å². The van der Waals surface area contributed by atoms with Crippen LogP contribution in [0.25, 0.3) is 0 Å². The van der Waals surface area contributed by atoms with Gasteiger partial charge in [0.1, 0.15) is 11.6 Å². The molecule has 27 heavy (non-hydrogen) atoms. The maximum absolute atomic E-state index is 12.9. The van der Waals surface area contributed by atoms with Gasteiger partial charge >= 0.3 is 0 Å². The van der Waals surface area contributed by atoms with Crippen molar-refractivity contribution >= 4 is 11.8 Å². The molecule has 0 aliphatic carbocycles. The van der Waals surface area contributed by atoms with Crippen molar-refractivity contribution in [3.05, 3.63) is 63.6 Å². The Morgan fingerprint density at radius 1 is 1.33 bits per heavy atom. The van der Waals surface area contributed by atoms with Crippen LogP contribution in [0.4, 0.5) is 4.39 Å². The lowest BCUT2D eigenvalue weighted by Gasteiger charge is -2.17. The van der Waals surface area contributed by atoms with Gasteiger partial charge in [-0.05, 0) is 31.0 Å². The monoisotopic (exact) mass is 372 g/mol. The highest BCUT2D eigenvalue weighted by atomic mass is 19.1. The number of likely N-dealkylation sites (tertiary alicyclic amines) is 1. The quantitative estimate of drug-likeness (QED) is 0.781. The highest BCUT2D eigenvalue weighted by Crippen LogP contribution is 2.13. The molecule has 1 atom stereocenters. The van der Waals surface area contributed by atoms with Crippen LogP contribution in [0.5, 0.6) is 0 Å². The smallest absolute Gasteiger partial charge is 0.254 e. The molecule has 142 valence electrons. The van der Waals surface area contributed by atoms with Crippen molar-refractivity contribution in [2.24, 2.45) is 0 Å². The zero-order valence-corrected chi connectivity index (χ0v) is 15.0. The molecular weight excluding hydrogens is 351 g/mol. The molecule has 1 aliphatic heterocycles. The number of H-pyrrole nitrogens is 1. The van der Waals surface area contributed by atoms with Gasteiger partial charge in [0.05, 0.1) is 12.5 Å². The summed E-state index contributed by atoms with van der Waals surface area (Å²) in [5.41, 5.74) is 0.902. The molecule has 0 bridgehead atoms. The van der Waals surface area contributed by atoms with E-state index >= 15 is 0 Å². The summed E-state index contributed by atoms with van der Waals surface area (Å²) in [6, 6.07) is 5.90. The van der Waals surface area contributed by atoms with Gasteiger partial charge in [0.25, 0.3) is 5.56 Å². The standard InChI is InChI=1S/C19H21FN4O3/c1-12-21-10-14(19(27)22-12)8-17(25)23-16-9-18(26)24(11-16)7-6-13-2-4-15(20)5-3-13/h2-5,10,16H,6-9,11H2,1H3,(H,23,25)(H,21,22,27)/t16-/m1/s1. The lowest BCUT2D eigenvalue weighted by molar-refractivity contribution is -0.127. The van der Waals surface area contributed by atoms with Crippen LogP contribution in [-0.4, -0.2) is 45.8 Å². The fraction of sp³-hybridized carbons (Fsp3) is 0.368. The van der Waals surface area contributed by atoms with Gasteiger partial charge < -0.3 is 15.2 Å². The van der Waals surface area contributed by atoms with Gasteiger partial charge in [-0.1, -0.05) is 12.1 Å². The first-order chi connectivity index (χ1) is 12.9. The average Bonchev–Trinajstić information content (AvgIpc) is 2.96. The van der Waals surface area contributed by atoms with Crippen LogP contribution in [0, 0.1) is 12.7 Å². The molecule has 2 N–H and O–H groups in total. The van der Waals surface area contributed by atoms with Crippen molar-refractivity contribution in [2.75, 3.05) is 13.1 Å². The Hall–Kier alpha value is -3.03. The maximum Gasteiger partial charge on any atom is 0.254 e. The summed E-state index contributed by atoms with van der Waals surface area (Å²) in [6.07, 6.45) is 2.17. The van der Waals surface area contributed by atoms with Gasteiger partial charge in [-0.15, -0.1) is 0 Å². The first kappa shape index (κ1) is 18.8. The van der Waals surface area contributed by atoms with E-state index < -0.39 is 0 Å². The molecular formula is C19H21FN4O3. The maximum atomic E-state index is 12.9. The number of nitrogens with zero attached hydrogens (tertiary/aromatic N) is 2. The number of halogens is 1. The number of carbonyl (C=O) groups is 2. The second kappa shape index (κ2) is 8.11. The SMILES string of the molecule is Cc1ncc(CC(=O)N[C@@H]2CC(=O)N(CCc3ccc(F)cc3)C2)c(=O)[nH]1. The molecule has 0 radical (unpaired) electrons. The fourth-order valence-electron chi connectivity index (χ4n) is 3.09. The van der Waals surface area contributed by atoms with Crippen LogP contribution in [0.2, 0.25) is 0 Å². The molecule has 0 saturated carbocycles. The van der Waals surface area contributed by atoms with E-state index in [9.17, 15) is 18.8 Å². The predicted molar refractivity (Wildman–Crippen MR) is 96.5 cm³/mol. The summed E-state index contributed by atoms with van der Waals surface area (Å²) in [6.45, 7) is 2.60. The topological polar surface area (TPSA) is 95.2 Å². The third-order valence-corrected chi connectivity index (χ3v) is 4.51. The summed E-state index contributed by atoms with van der Waals surface area (Å²) in [5, 5.41) is 2.80. The Morgan fingerprint density at radius 3 is 2.78 bits per heavy atom. The molecule has 8 heteroatoms. The lowest BCUT2D eigenvalue weighted by Crippen LogP contribution is -2.39. The van der Waals surface area contributed by atoms with Crippen molar-refractivity contribution in [2.45, 2.75) is 32.2 Å². The number of hydrogen-bond acceptors (Lipinski definition) is 4. The predicted octanol–water partition coefficient (Wildman–Crippen LogP) is 0.720. The van der Waals surface area contributed by atoms with E-state index in [0.717, 1.165) is 5.56 Å². The first-order valence-electron chi connectivity index (χ1n) is 8.77. The number of rotatable bonds is 6. The highest BCUT2D eigenvalue weighted by Gasteiger charge is 2.30. The Labute approximate surface area is 155 Å². The van der Waals surface area contributed by atoms with Crippen LogP contribution >= 0.6 is 0 Å². The zero-order valence-electron chi connectivity index (χ0n) is 15.0. The normalized spacial score (nSPS) is 16.6. The minimum absolute atomic E-state index is 0.0303. The molecule has 7 nitrogen and oxygen atoms in total. The van der Waals surface area contributed by atoms with Crippen molar-refractivity contribution in [3.8, 4) is 0 Å². The second-order valence-electron chi connectivity index (χ2n) is 6.68. The molecule has 0 spiro atoms. The van der Waals surface area contributed by atoms with E-state index in [1.807, 2.05) is 0 Å². The number of aromatic amines is 1. The van der Waals surface area contributed by atoms with Crippen molar-refractivity contribution < 1.29 is 14.0 Å². The van der Waals surface area contributed by atoms with E-state index in [-0.39, 0.29) is 47.6 Å². The molecule has 2 aromatic rings. The molecule has 3 rings (SSSR count). The number of carbonyl (C=O) groups excluding carboxylic acids is 2. The molecule has 2 heterocycles. The number of benzene rings is 1. The van der Waals surface area contributed by atoms with E-state index in [2.05, 4.69) is 15.3 Å². The molecule has 1 aromatic carbocycles. The van der Waals surface area contributed by atoms with E-state index in [1.165, 1.54) is 18.3 Å². The molecule has 1 fully saturated rings. The summed E-state index contributed by atoms with van der Waals surface area (Å²) in [4.78, 5) is 44.3. The summed E-state index contributed by atoms with van der Waals surface area (Å²) in [5.74, 6) is -0.148. The summed E-state index contributed by atoms with van der Waals surface area (Å²) < 4.78 is 12.9. The Kier molecular flexibility index (Phi) is 5.63. The van der Waals surface area contributed by atoms with Crippen LogP contribution < -0.4 is 10.9 Å². The highest BCUT2D eigenvalue weighted by molar-refractivity contribution is 5.83. The van der Waals surface area contributed by atoms with Gasteiger partial charge in [-0.3, -0.25) is 14.4 Å². The fourth-order valence-corrected chi connectivity index (χ4v) is 3.09. The third kappa shape index (κ3) is 4.99. The Morgan fingerprint density at radius 2 is 2.07 bits per heavy atom. The molecule has 1 aromatic heterocycles. The molecule has 1 aliphatic rings. The van der Waals surface area contributed by atoms with Crippen LogP contribution in [0.3, 0.4) is 0 Å². The van der Waals surface area contributed by atoms with Gasteiger partial charge in [-0.2, -0.15) is 0 Å². The van der Waals surface area contributed by atoms with Gasteiger partial charge in [-0.25, -0.2) is 9.37 Å². The third-order valence-electron chi connectivity index (χ3n) is 4.51. The largest absolute Gasteiger partial charge is 0.351 e. The van der Waals surface area contributed by atoms with Crippen LogP contribution in [0.1, 0.15) is 23.4 Å². The Balaban J connectivity index is 1.50. The van der Waals surface area contributed by atoms with Gasteiger partial charge in [0.2, 0.25) is 11.8 Å². The van der Waals surface area contributed by atoms with Crippen molar-refractivity contribution in [1.29, 1.82) is 0 Å². The van der Waals surface area contributed by atoms with E-state index in [4.69, 9.17) is 0 Å². The number of aromatic nitrogens is 2. The van der Waals surface area contributed by atoms with Crippen LogP contribution in [-0.2, 0) is 22.4 Å². The molecule has 1 saturated heterocycles. The average molecular weight is 372 g/mol. The summed E-state index contributed by atoms with van der Waals surface area (Å²) >= 11 is 0. The first-order valence-corrected chi connectivity index (χ1v) is 8.77. The van der Waals surface area contributed by atoms with Crippen LogP contribution in [0.15, 0.2) is 35.3 Å². The molecule has 0 unspecified atom stereocenters. The number of amides is 2. The number of aryl methyl sites for hydroxylation is 1. The van der Waals surface area contributed by atoms with Crippen molar-refractivity contribution in [1.82, 2.24) is 20.2 Å². The lowest BCUT2D eigenvalue weighted by atomic mass is 10.1. The minimum atomic E-state index is -0.332. The van der Waals surface area contributed by atoms with Gasteiger partial charge in [0, 0.05) is 31.3 Å². The minimum Gasteiger partial charge on any atom is -0.351 e. The number of hydrogen-bond donors (Lipinski definition) is 2. The van der Waals surface area contributed by atoms with Crippen molar-refractivity contribution in [3.63, 3.8) is 0 Å². The zero-order chi connectivity index (χ0) is 19.4. The van der Waals surface area contributed by atoms with Gasteiger partial charge in [0.15, 0.2) is 0 Å². The Bertz CT molecular complexity index is 895. The van der Waals surface area contributed by atoms with E-state index in [0.29, 0.717) is 25.3 Å². The molecule has 2 amide bonds. The second-order valence-corrected chi connectivity index (χ2v) is 6.68. The summed E-state index contributed by atoms with van der Waals surface area (Å²) in [7, 11) is 0.